The Labute approximate surface area is 130 Å². The Hall–Kier alpha value is -1.55. The van der Waals surface area contributed by atoms with E-state index in [4.69, 9.17) is 4.74 Å². The zero-order valence-electron chi connectivity index (χ0n) is 12.2. The summed E-state index contributed by atoms with van der Waals surface area (Å²) in [5.41, 5.74) is 3.85. The zero-order chi connectivity index (χ0) is 13.7. The molecule has 2 atom stereocenters. The van der Waals surface area contributed by atoms with Crippen LogP contribution in [-0.2, 0) is 11.8 Å². The van der Waals surface area contributed by atoms with Gasteiger partial charge in [-0.2, -0.15) is 0 Å². The van der Waals surface area contributed by atoms with Crippen LogP contribution >= 0.6 is 0 Å². The number of ether oxygens (including phenoxy) is 1. The number of hydrogen-bond acceptors (Lipinski definition) is 1. The Kier molecular flexibility index (Phi) is 3.66. The number of fused-ring (bicyclic) bond motifs is 3. The van der Waals surface area contributed by atoms with E-state index in [1.807, 2.05) is 0 Å². The smallest absolute Gasteiger partial charge is 0.181 e. The maximum absolute atomic E-state index is 5.85. The fourth-order valence-electron chi connectivity index (χ4n) is 3.34. The van der Waals surface area contributed by atoms with Gasteiger partial charge in [0.25, 0.3) is 0 Å². The monoisotopic (exact) mass is 302 g/mol. The second-order valence-electron chi connectivity index (χ2n) is 5.70. The Bertz CT molecular complexity index is 796. The summed E-state index contributed by atoms with van der Waals surface area (Å²) in [4.78, 5) is 0. The van der Waals surface area contributed by atoms with E-state index in [0.29, 0.717) is 6.04 Å². The van der Waals surface area contributed by atoms with Gasteiger partial charge in [-0.05, 0) is 24.6 Å². The fourth-order valence-corrected chi connectivity index (χ4v) is 3.34. The van der Waals surface area contributed by atoms with Crippen molar-refractivity contribution in [1.29, 1.82) is 0 Å². The van der Waals surface area contributed by atoms with Gasteiger partial charge in [-0.3, -0.25) is 0 Å². The first-order chi connectivity index (χ1) is 9.75. The lowest BCUT2D eigenvalue weighted by Gasteiger charge is -2.11. The number of nitrogens with zero attached hydrogens (tertiary/aromatic N) is 1. The standard InChI is InChI=1S/C17H18N2O.ClH/c1-11-17(20-10-18-11)12-7-8-14-13-5-3-4-6-15(13)19(2)16(14)9-12;/h3-9,11,17-18H,10H2,1-2H3;1H. The van der Waals surface area contributed by atoms with Gasteiger partial charge in [-0.25, -0.2) is 0 Å². The van der Waals surface area contributed by atoms with Crippen LogP contribution in [0.2, 0.25) is 0 Å². The predicted octanol–water partition coefficient (Wildman–Crippen LogP) is -0.684. The summed E-state index contributed by atoms with van der Waals surface area (Å²) < 4.78 is 8.12. The number of halogens is 1. The number of aryl methyl sites for hydroxylation is 1. The second kappa shape index (κ2) is 5.34. The van der Waals surface area contributed by atoms with Gasteiger partial charge in [0, 0.05) is 28.9 Å². The SMILES string of the molecule is CC1[NH2+]COC1c1ccc2c3ccccc3n(C)c2c1.[Cl-]. The van der Waals surface area contributed by atoms with Crippen molar-refractivity contribution in [2.75, 3.05) is 6.73 Å². The maximum atomic E-state index is 5.85. The maximum Gasteiger partial charge on any atom is 0.181 e. The molecule has 1 aromatic heterocycles. The van der Waals surface area contributed by atoms with Crippen LogP contribution in [0.3, 0.4) is 0 Å². The Morgan fingerprint density at radius 2 is 1.86 bits per heavy atom. The molecule has 2 unspecified atom stereocenters. The van der Waals surface area contributed by atoms with E-state index in [2.05, 4.69) is 66.3 Å². The molecule has 110 valence electrons. The lowest BCUT2D eigenvalue weighted by molar-refractivity contribution is -0.679. The highest BCUT2D eigenvalue weighted by Crippen LogP contribution is 2.31. The van der Waals surface area contributed by atoms with Gasteiger partial charge in [0.15, 0.2) is 6.73 Å². The van der Waals surface area contributed by atoms with Gasteiger partial charge in [0.1, 0.15) is 12.1 Å². The Morgan fingerprint density at radius 3 is 2.62 bits per heavy atom. The van der Waals surface area contributed by atoms with Gasteiger partial charge in [-0.1, -0.05) is 30.3 Å². The molecule has 3 nitrogen and oxygen atoms in total. The molecule has 0 saturated carbocycles. The molecule has 2 aromatic carbocycles. The highest BCUT2D eigenvalue weighted by Gasteiger charge is 2.29. The number of benzene rings is 2. The van der Waals surface area contributed by atoms with E-state index in [-0.39, 0.29) is 18.5 Å². The molecule has 1 aliphatic rings. The third-order valence-electron chi connectivity index (χ3n) is 4.49. The van der Waals surface area contributed by atoms with Crippen LogP contribution in [0, 0.1) is 0 Å². The molecule has 3 aromatic rings. The topological polar surface area (TPSA) is 30.8 Å². The minimum Gasteiger partial charge on any atom is -1.00 e. The van der Waals surface area contributed by atoms with Crippen LogP contribution in [0.1, 0.15) is 18.6 Å². The van der Waals surface area contributed by atoms with Crippen molar-refractivity contribution in [3.05, 3.63) is 48.0 Å². The van der Waals surface area contributed by atoms with Gasteiger partial charge >= 0.3 is 0 Å². The van der Waals surface area contributed by atoms with Crippen molar-refractivity contribution < 1.29 is 22.5 Å². The van der Waals surface area contributed by atoms with E-state index in [0.717, 1.165) is 6.73 Å². The van der Waals surface area contributed by atoms with Crippen LogP contribution in [0.15, 0.2) is 42.5 Å². The third kappa shape index (κ3) is 2.13. The lowest BCUT2D eigenvalue weighted by atomic mass is 10.0. The number of hydrogen-bond donors (Lipinski definition) is 1. The molecule has 1 saturated heterocycles. The molecule has 21 heavy (non-hydrogen) atoms. The van der Waals surface area contributed by atoms with Crippen LogP contribution in [0.5, 0.6) is 0 Å². The molecule has 2 N–H and O–H groups in total. The number of rotatable bonds is 1. The predicted molar refractivity (Wildman–Crippen MR) is 80.5 cm³/mol. The molecule has 0 radical (unpaired) electrons. The van der Waals surface area contributed by atoms with Crippen LogP contribution in [0.4, 0.5) is 0 Å². The summed E-state index contributed by atoms with van der Waals surface area (Å²) in [5, 5.41) is 4.89. The second-order valence-corrected chi connectivity index (χ2v) is 5.70. The minimum absolute atomic E-state index is 0. The first-order valence-corrected chi connectivity index (χ1v) is 7.18. The van der Waals surface area contributed by atoms with E-state index in [1.165, 1.54) is 27.4 Å². The zero-order valence-corrected chi connectivity index (χ0v) is 13.0. The summed E-state index contributed by atoms with van der Waals surface area (Å²) in [6, 6.07) is 15.8. The van der Waals surface area contributed by atoms with E-state index >= 15 is 0 Å². The van der Waals surface area contributed by atoms with E-state index in [1.54, 1.807) is 0 Å². The molecule has 1 aliphatic heterocycles. The highest BCUT2D eigenvalue weighted by molar-refractivity contribution is 6.08. The fraction of sp³-hybridized carbons (Fsp3) is 0.294. The summed E-state index contributed by atoms with van der Waals surface area (Å²) in [7, 11) is 2.14. The molecule has 0 bridgehead atoms. The van der Waals surface area contributed by atoms with Crippen molar-refractivity contribution in [1.82, 2.24) is 4.57 Å². The van der Waals surface area contributed by atoms with Gasteiger partial charge in [0.2, 0.25) is 0 Å². The number of aromatic nitrogens is 1. The van der Waals surface area contributed by atoms with Crippen molar-refractivity contribution in [2.45, 2.75) is 19.1 Å². The molecule has 4 rings (SSSR count). The van der Waals surface area contributed by atoms with Crippen molar-refractivity contribution >= 4 is 21.8 Å². The first-order valence-electron chi connectivity index (χ1n) is 7.18. The van der Waals surface area contributed by atoms with Gasteiger partial charge in [-0.15, -0.1) is 0 Å². The molecule has 0 aliphatic carbocycles. The molecular weight excluding hydrogens is 284 g/mol. The summed E-state index contributed by atoms with van der Waals surface area (Å²) >= 11 is 0. The van der Waals surface area contributed by atoms with Gasteiger partial charge in [0.05, 0.1) is 0 Å². The normalized spacial score (nSPS) is 21.8. The van der Waals surface area contributed by atoms with Crippen molar-refractivity contribution in [3.63, 3.8) is 0 Å². The van der Waals surface area contributed by atoms with E-state index < -0.39 is 0 Å². The average molecular weight is 303 g/mol. The van der Waals surface area contributed by atoms with Gasteiger partial charge < -0.3 is 27.0 Å². The molecule has 0 spiro atoms. The molecule has 4 heteroatoms. The van der Waals surface area contributed by atoms with Crippen LogP contribution in [0.25, 0.3) is 21.8 Å². The van der Waals surface area contributed by atoms with Crippen molar-refractivity contribution in [2.24, 2.45) is 7.05 Å². The third-order valence-corrected chi connectivity index (χ3v) is 4.49. The summed E-state index contributed by atoms with van der Waals surface area (Å²) in [6.45, 7) is 2.99. The van der Waals surface area contributed by atoms with Crippen LogP contribution < -0.4 is 17.7 Å². The quantitative estimate of drug-likeness (QED) is 0.634. The Morgan fingerprint density at radius 1 is 1.10 bits per heavy atom. The first kappa shape index (κ1) is 14.4. The largest absolute Gasteiger partial charge is 1.00 e. The number of nitrogens with two attached hydrogens (primary N) is 1. The number of quaternary nitrogens is 1. The number of para-hydroxylation sites is 1. The molecular formula is C17H19ClN2O. The molecule has 0 amide bonds. The van der Waals surface area contributed by atoms with E-state index in [9.17, 15) is 0 Å². The average Bonchev–Trinajstić information content (AvgIpc) is 3.02. The molecule has 2 heterocycles. The summed E-state index contributed by atoms with van der Waals surface area (Å²) in [6.07, 6.45) is 0.206. The summed E-state index contributed by atoms with van der Waals surface area (Å²) in [5.74, 6) is 0. The Balaban J connectivity index is 0.00000132. The highest BCUT2D eigenvalue weighted by atomic mass is 35.5. The minimum atomic E-state index is 0. The van der Waals surface area contributed by atoms with Crippen molar-refractivity contribution in [3.8, 4) is 0 Å². The van der Waals surface area contributed by atoms with Crippen LogP contribution in [-0.4, -0.2) is 17.3 Å². The molecule has 1 fully saturated rings. The lowest BCUT2D eigenvalue weighted by Crippen LogP contribution is -3.00.